The Kier molecular flexibility index (Phi) is 4.88. The molecule has 0 heterocycles. The van der Waals surface area contributed by atoms with E-state index in [1.807, 2.05) is 42.5 Å². The van der Waals surface area contributed by atoms with Crippen LogP contribution in [0.15, 0.2) is 89.1 Å². The van der Waals surface area contributed by atoms with Crippen LogP contribution >= 0.6 is 11.6 Å². The number of carbonyl (C=O) groups excluding carboxylic acids is 1. The summed E-state index contributed by atoms with van der Waals surface area (Å²) in [7, 11) is 0. The van der Waals surface area contributed by atoms with Gasteiger partial charge in [-0.05, 0) is 47.9 Å². The van der Waals surface area contributed by atoms with E-state index in [1.165, 1.54) is 0 Å². The summed E-state index contributed by atoms with van der Waals surface area (Å²) in [4.78, 5) is 15.6. The van der Waals surface area contributed by atoms with Crippen molar-refractivity contribution in [1.82, 2.24) is 4.91 Å². The van der Waals surface area contributed by atoms with Crippen LogP contribution in [0.1, 0.15) is 33.8 Å². The summed E-state index contributed by atoms with van der Waals surface area (Å²) in [5.41, 5.74) is 9.56. The Hall–Kier alpha value is -3.11. The summed E-state index contributed by atoms with van der Waals surface area (Å²) in [6.07, 6.45) is 0.918. The van der Waals surface area contributed by atoms with Gasteiger partial charge in [-0.2, -0.15) is 0 Å². The van der Waals surface area contributed by atoms with Crippen molar-refractivity contribution in [3.8, 4) is 0 Å². The van der Waals surface area contributed by atoms with Crippen molar-refractivity contribution in [2.75, 3.05) is 0 Å². The summed E-state index contributed by atoms with van der Waals surface area (Å²) in [6, 6.07) is 24.4. The average Bonchev–Trinajstić information content (AvgIpc) is 3.42. The molecular formula is C22H18ClN4O+. The topological polar surface area (TPSA) is 81.9 Å². The van der Waals surface area contributed by atoms with E-state index in [2.05, 4.69) is 27.3 Å². The molecule has 2 unspecified atom stereocenters. The van der Waals surface area contributed by atoms with Crippen LogP contribution in [0.3, 0.4) is 0 Å². The summed E-state index contributed by atoms with van der Waals surface area (Å²) in [5.74, 6) is -0.202. The molecule has 0 aliphatic heterocycles. The molecular weight excluding hydrogens is 372 g/mol. The van der Waals surface area contributed by atoms with Gasteiger partial charge in [0.15, 0.2) is 10.8 Å². The molecule has 4 rings (SSSR count). The van der Waals surface area contributed by atoms with E-state index >= 15 is 0 Å². The SMILES string of the molecule is NC1(c2ccccc2)CC1c1ccc(N=[N+]=NC(=O)c2cccc(Cl)c2)cc1. The van der Waals surface area contributed by atoms with Gasteiger partial charge in [0, 0.05) is 16.5 Å². The van der Waals surface area contributed by atoms with Crippen LogP contribution in [0.5, 0.6) is 0 Å². The Bertz CT molecular complexity index is 1080. The molecule has 1 aliphatic rings. The van der Waals surface area contributed by atoms with Crippen molar-refractivity contribution in [2.45, 2.75) is 17.9 Å². The molecule has 0 bridgehead atoms. The van der Waals surface area contributed by atoms with Gasteiger partial charge in [0.2, 0.25) is 10.0 Å². The second-order valence-corrected chi connectivity index (χ2v) is 7.30. The lowest BCUT2D eigenvalue weighted by atomic mass is 9.99. The highest BCUT2D eigenvalue weighted by Gasteiger charge is 2.52. The van der Waals surface area contributed by atoms with Crippen LogP contribution in [0, 0.1) is 0 Å². The third-order valence-electron chi connectivity index (χ3n) is 4.98. The third kappa shape index (κ3) is 3.78. The van der Waals surface area contributed by atoms with Crippen LogP contribution in [0.25, 0.3) is 0 Å². The van der Waals surface area contributed by atoms with E-state index in [1.54, 1.807) is 24.3 Å². The van der Waals surface area contributed by atoms with Gasteiger partial charge in [0.1, 0.15) is 0 Å². The first-order valence-electron chi connectivity index (χ1n) is 8.92. The molecule has 2 N–H and O–H groups in total. The van der Waals surface area contributed by atoms with Gasteiger partial charge >= 0.3 is 5.91 Å². The van der Waals surface area contributed by atoms with E-state index in [0.717, 1.165) is 17.5 Å². The Labute approximate surface area is 167 Å². The lowest BCUT2D eigenvalue weighted by Crippen LogP contribution is -2.21. The predicted molar refractivity (Wildman–Crippen MR) is 109 cm³/mol. The van der Waals surface area contributed by atoms with Gasteiger partial charge in [-0.15, -0.1) is 0 Å². The van der Waals surface area contributed by atoms with Gasteiger partial charge in [0.25, 0.3) is 0 Å². The van der Waals surface area contributed by atoms with Gasteiger partial charge in [-0.1, -0.05) is 60.1 Å². The predicted octanol–water partition coefficient (Wildman–Crippen LogP) is 5.13. The summed E-state index contributed by atoms with van der Waals surface area (Å²) >= 11 is 5.87. The normalized spacial score (nSPS) is 20.1. The first kappa shape index (κ1) is 18.3. The zero-order valence-corrected chi connectivity index (χ0v) is 15.8. The average molecular weight is 390 g/mol. The van der Waals surface area contributed by atoms with Gasteiger partial charge in [-0.3, -0.25) is 4.79 Å². The molecule has 1 fully saturated rings. The molecule has 0 saturated heterocycles. The quantitative estimate of drug-likeness (QED) is 0.496. The van der Waals surface area contributed by atoms with Crippen molar-refractivity contribution in [2.24, 2.45) is 16.0 Å². The van der Waals surface area contributed by atoms with Crippen LogP contribution < -0.4 is 10.6 Å². The molecule has 0 aromatic heterocycles. The summed E-state index contributed by atoms with van der Waals surface area (Å²) in [6.45, 7) is 0. The number of rotatable bonds is 4. The number of hydrogen-bond donors (Lipinski definition) is 1. The molecule has 3 aromatic carbocycles. The largest absolute Gasteiger partial charge is 0.360 e. The Morgan fingerprint density at radius 1 is 1.04 bits per heavy atom. The molecule has 1 aliphatic carbocycles. The number of nitrogens with zero attached hydrogens (tertiary/aromatic N) is 3. The van der Waals surface area contributed by atoms with Crippen molar-refractivity contribution >= 4 is 23.2 Å². The van der Waals surface area contributed by atoms with Crippen LogP contribution in [-0.4, -0.2) is 5.91 Å². The Balaban J connectivity index is 1.44. The lowest BCUT2D eigenvalue weighted by Gasteiger charge is -2.12. The second-order valence-electron chi connectivity index (χ2n) is 6.86. The fraction of sp³-hybridized carbons (Fsp3) is 0.136. The monoisotopic (exact) mass is 389 g/mol. The first-order valence-corrected chi connectivity index (χ1v) is 9.30. The minimum absolute atomic E-state index is 0.287. The smallest absolute Gasteiger partial charge is 0.321 e. The van der Waals surface area contributed by atoms with Crippen molar-refractivity contribution in [3.63, 3.8) is 0 Å². The number of amides is 1. The zero-order chi connectivity index (χ0) is 19.6. The molecule has 2 atom stereocenters. The summed E-state index contributed by atoms with van der Waals surface area (Å²) < 4.78 is 0. The van der Waals surface area contributed by atoms with E-state index in [4.69, 9.17) is 17.3 Å². The second kappa shape index (κ2) is 7.49. The first-order chi connectivity index (χ1) is 13.6. The van der Waals surface area contributed by atoms with E-state index in [9.17, 15) is 4.79 Å². The maximum atomic E-state index is 12.0. The zero-order valence-electron chi connectivity index (χ0n) is 15.0. The fourth-order valence-corrected chi connectivity index (χ4v) is 3.52. The van der Waals surface area contributed by atoms with Crippen LogP contribution in [0.4, 0.5) is 5.69 Å². The van der Waals surface area contributed by atoms with Gasteiger partial charge in [0.05, 0.1) is 5.56 Å². The van der Waals surface area contributed by atoms with E-state index in [0.29, 0.717) is 16.3 Å². The van der Waals surface area contributed by atoms with Crippen LogP contribution in [0.2, 0.25) is 5.02 Å². The van der Waals surface area contributed by atoms with E-state index < -0.39 is 5.91 Å². The minimum Gasteiger partial charge on any atom is -0.321 e. The van der Waals surface area contributed by atoms with Crippen molar-refractivity contribution < 1.29 is 4.79 Å². The molecule has 28 heavy (non-hydrogen) atoms. The van der Waals surface area contributed by atoms with Gasteiger partial charge in [-0.25, -0.2) is 0 Å². The highest BCUT2D eigenvalue weighted by atomic mass is 35.5. The molecule has 1 saturated carbocycles. The van der Waals surface area contributed by atoms with E-state index in [-0.39, 0.29) is 11.5 Å². The summed E-state index contributed by atoms with van der Waals surface area (Å²) in [5, 5.41) is 8.06. The number of carbonyl (C=O) groups is 1. The molecule has 6 heteroatoms. The maximum absolute atomic E-state index is 12.0. The van der Waals surface area contributed by atoms with Gasteiger partial charge < -0.3 is 5.73 Å². The third-order valence-corrected chi connectivity index (χ3v) is 5.21. The van der Waals surface area contributed by atoms with Crippen molar-refractivity contribution in [3.05, 3.63) is 101 Å². The number of nitrogens with two attached hydrogens (primary N) is 1. The van der Waals surface area contributed by atoms with Crippen molar-refractivity contribution in [1.29, 1.82) is 0 Å². The Morgan fingerprint density at radius 2 is 1.79 bits per heavy atom. The number of halogens is 1. The standard InChI is InChI=1S/C22H18ClN4O/c23-18-8-4-5-16(13-18)21(28)26-27-25-19-11-9-15(10-12-19)20-14-22(20,24)17-6-2-1-3-7-17/h1-13,20H,14,24H2/q+1. The lowest BCUT2D eigenvalue weighted by molar-refractivity contribution is 0.0992. The molecule has 3 aromatic rings. The Morgan fingerprint density at radius 3 is 2.50 bits per heavy atom. The molecule has 1 amide bonds. The molecule has 0 radical (unpaired) electrons. The highest BCUT2D eigenvalue weighted by molar-refractivity contribution is 6.30. The number of benzene rings is 3. The minimum atomic E-state index is -0.489. The van der Waals surface area contributed by atoms with Crippen LogP contribution in [-0.2, 0) is 5.54 Å². The highest BCUT2D eigenvalue weighted by Crippen LogP contribution is 2.56. The molecule has 138 valence electrons. The fourth-order valence-electron chi connectivity index (χ4n) is 3.33. The number of hydrogen-bond acceptors (Lipinski definition) is 3. The maximum Gasteiger partial charge on any atom is 0.360 e. The molecule has 5 nitrogen and oxygen atoms in total. The molecule has 0 spiro atoms.